The van der Waals surface area contributed by atoms with Gasteiger partial charge in [0.2, 0.25) is 0 Å². The van der Waals surface area contributed by atoms with Crippen LogP contribution in [0.4, 0.5) is 23.0 Å². The zero-order chi connectivity index (χ0) is 19.4. The molecule has 0 amide bonds. The summed E-state index contributed by atoms with van der Waals surface area (Å²) in [5, 5.41) is 3.39. The molecule has 150 valence electrons. The Kier molecular flexibility index (Phi) is 5.64. The number of hydrogen-bond donors (Lipinski definition) is 1. The fraction of sp³-hybridized carbons (Fsp3) is 0.524. The second-order valence-electron chi connectivity index (χ2n) is 7.20. The Hall–Kier alpha value is -2.38. The van der Waals surface area contributed by atoms with Crippen LogP contribution in [0.25, 0.3) is 0 Å². The van der Waals surface area contributed by atoms with E-state index in [-0.39, 0.29) is 5.79 Å². The first-order chi connectivity index (χ1) is 13.7. The highest BCUT2D eigenvalue weighted by molar-refractivity contribution is 5.62. The lowest BCUT2D eigenvalue weighted by Gasteiger charge is -2.38. The van der Waals surface area contributed by atoms with E-state index in [4.69, 9.17) is 9.47 Å². The SMILES string of the molecule is CCN(CC)c1ccc(Nc2cc(N3CCC4(CC3)OCCO4)ncn2)cc1. The third-order valence-corrected chi connectivity index (χ3v) is 5.58. The molecule has 2 aliphatic heterocycles. The molecule has 4 rings (SSSR count). The topological polar surface area (TPSA) is 62.8 Å². The molecule has 7 nitrogen and oxygen atoms in total. The quantitative estimate of drug-likeness (QED) is 0.820. The van der Waals surface area contributed by atoms with E-state index < -0.39 is 0 Å². The average molecular weight is 383 g/mol. The van der Waals surface area contributed by atoms with Crippen LogP contribution in [0, 0.1) is 0 Å². The van der Waals surface area contributed by atoms with Crippen molar-refractivity contribution in [3.63, 3.8) is 0 Å². The first kappa shape index (κ1) is 19.0. The maximum atomic E-state index is 5.81. The molecule has 1 aromatic carbocycles. The van der Waals surface area contributed by atoms with Crippen LogP contribution in [0.3, 0.4) is 0 Å². The number of nitrogens with one attached hydrogen (secondary N) is 1. The summed E-state index contributed by atoms with van der Waals surface area (Å²) in [6, 6.07) is 10.5. The van der Waals surface area contributed by atoms with Crippen molar-refractivity contribution in [3.05, 3.63) is 36.7 Å². The van der Waals surface area contributed by atoms with Crippen LogP contribution < -0.4 is 15.1 Å². The van der Waals surface area contributed by atoms with Gasteiger partial charge >= 0.3 is 0 Å². The zero-order valence-electron chi connectivity index (χ0n) is 16.7. The van der Waals surface area contributed by atoms with E-state index in [9.17, 15) is 0 Å². The van der Waals surface area contributed by atoms with Crippen LogP contribution in [0.2, 0.25) is 0 Å². The van der Waals surface area contributed by atoms with Gasteiger partial charge in [0.1, 0.15) is 18.0 Å². The molecule has 2 fully saturated rings. The summed E-state index contributed by atoms with van der Waals surface area (Å²) < 4.78 is 11.6. The van der Waals surface area contributed by atoms with Crippen LogP contribution >= 0.6 is 0 Å². The highest BCUT2D eigenvalue weighted by Gasteiger charge is 2.40. The molecule has 1 spiro atoms. The zero-order valence-corrected chi connectivity index (χ0v) is 16.7. The summed E-state index contributed by atoms with van der Waals surface area (Å²) >= 11 is 0. The Bertz CT molecular complexity index is 763. The van der Waals surface area contributed by atoms with Gasteiger partial charge in [0, 0.05) is 56.5 Å². The Morgan fingerprint density at radius 3 is 2.36 bits per heavy atom. The molecule has 0 unspecified atom stereocenters. The van der Waals surface area contributed by atoms with Crippen LogP contribution in [-0.4, -0.2) is 55.1 Å². The normalized spacial score (nSPS) is 18.4. The maximum absolute atomic E-state index is 5.81. The van der Waals surface area contributed by atoms with Crippen molar-refractivity contribution in [3.8, 4) is 0 Å². The lowest BCUT2D eigenvalue weighted by atomic mass is 10.0. The minimum Gasteiger partial charge on any atom is -0.372 e. The minimum atomic E-state index is -0.364. The molecule has 7 heteroatoms. The van der Waals surface area contributed by atoms with Gasteiger partial charge in [0.05, 0.1) is 13.2 Å². The van der Waals surface area contributed by atoms with Gasteiger partial charge in [-0.1, -0.05) is 0 Å². The van der Waals surface area contributed by atoms with Gasteiger partial charge in [-0.25, -0.2) is 9.97 Å². The molecule has 2 saturated heterocycles. The molecule has 0 bridgehead atoms. The van der Waals surface area contributed by atoms with Crippen molar-refractivity contribution in [2.45, 2.75) is 32.5 Å². The molecule has 0 atom stereocenters. The number of benzene rings is 1. The van der Waals surface area contributed by atoms with Gasteiger partial charge in [0.15, 0.2) is 5.79 Å². The smallest absolute Gasteiger partial charge is 0.171 e. The van der Waals surface area contributed by atoms with E-state index in [2.05, 4.69) is 63.2 Å². The third kappa shape index (κ3) is 4.05. The maximum Gasteiger partial charge on any atom is 0.171 e. The predicted molar refractivity (Wildman–Crippen MR) is 111 cm³/mol. The van der Waals surface area contributed by atoms with Crippen LogP contribution in [0.1, 0.15) is 26.7 Å². The van der Waals surface area contributed by atoms with Gasteiger partial charge in [-0.05, 0) is 38.1 Å². The van der Waals surface area contributed by atoms with E-state index in [1.165, 1.54) is 5.69 Å². The van der Waals surface area contributed by atoms with Crippen molar-refractivity contribution in [2.24, 2.45) is 0 Å². The van der Waals surface area contributed by atoms with Crippen molar-refractivity contribution in [1.82, 2.24) is 9.97 Å². The Morgan fingerprint density at radius 2 is 1.71 bits per heavy atom. The summed E-state index contributed by atoms with van der Waals surface area (Å²) in [4.78, 5) is 13.4. The highest BCUT2D eigenvalue weighted by Crippen LogP contribution is 2.33. The fourth-order valence-electron chi connectivity index (χ4n) is 3.94. The molecule has 1 aromatic heterocycles. The lowest BCUT2D eigenvalue weighted by Crippen LogP contribution is -2.45. The van der Waals surface area contributed by atoms with E-state index in [1.54, 1.807) is 6.33 Å². The van der Waals surface area contributed by atoms with E-state index in [0.29, 0.717) is 13.2 Å². The van der Waals surface area contributed by atoms with Gasteiger partial charge in [0.25, 0.3) is 0 Å². The summed E-state index contributed by atoms with van der Waals surface area (Å²) in [6.45, 7) is 9.50. The largest absolute Gasteiger partial charge is 0.372 e. The first-order valence-corrected chi connectivity index (χ1v) is 10.2. The molecule has 1 N–H and O–H groups in total. The number of anilines is 4. The molecule has 0 radical (unpaired) electrons. The van der Waals surface area contributed by atoms with Gasteiger partial charge in [-0.3, -0.25) is 0 Å². The summed E-state index contributed by atoms with van der Waals surface area (Å²) in [6.07, 6.45) is 3.36. The molecule has 2 aromatic rings. The number of hydrogen-bond acceptors (Lipinski definition) is 7. The number of nitrogens with zero attached hydrogens (tertiary/aromatic N) is 4. The number of piperidine rings is 1. The van der Waals surface area contributed by atoms with Crippen LogP contribution in [0.15, 0.2) is 36.7 Å². The molecule has 3 heterocycles. The predicted octanol–water partition coefficient (Wildman–Crippen LogP) is 3.41. The monoisotopic (exact) mass is 383 g/mol. The second-order valence-corrected chi connectivity index (χ2v) is 7.20. The van der Waals surface area contributed by atoms with Gasteiger partial charge in [-0.2, -0.15) is 0 Å². The third-order valence-electron chi connectivity index (χ3n) is 5.58. The molecule has 0 saturated carbocycles. The van der Waals surface area contributed by atoms with E-state index in [0.717, 1.165) is 56.3 Å². The highest BCUT2D eigenvalue weighted by atomic mass is 16.7. The Morgan fingerprint density at radius 1 is 1.04 bits per heavy atom. The Balaban J connectivity index is 1.40. The number of aromatic nitrogens is 2. The van der Waals surface area contributed by atoms with Gasteiger partial charge < -0.3 is 24.6 Å². The van der Waals surface area contributed by atoms with Gasteiger partial charge in [-0.15, -0.1) is 0 Å². The number of ether oxygens (including phenoxy) is 2. The number of rotatable bonds is 6. The molecular weight excluding hydrogens is 354 g/mol. The molecular formula is C21H29N5O2. The van der Waals surface area contributed by atoms with Crippen molar-refractivity contribution in [2.75, 3.05) is 54.5 Å². The average Bonchev–Trinajstić information content (AvgIpc) is 3.19. The van der Waals surface area contributed by atoms with Crippen molar-refractivity contribution < 1.29 is 9.47 Å². The second kappa shape index (κ2) is 8.32. The molecule has 28 heavy (non-hydrogen) atoms. The first-order valence-electron chi connectivity index (χ1n) is 10.2. The standard InChI is InChI=1S/C21H29N5O2/c1-3-25(4-2)18-7-5-17(6-8-18)24-19-15-20(23-16-22-19)26-11-9-21(10-12-26)27-13-14-28-21/h5-8,15-16H,3-4,9-14H2,1-2H3,(H,22,23,24). The fourth-order valence-corrected chi connectivity index (χ4v) is 3.94. The van der Waals surface area contributed by atoms with E-state index in [1.807, 2.05) is 6.07 Å². The molecule has 0 aliphatic carbocycles. The Labute approximate surface area is 166 Å². The summed E-state index contributed by atoms with van der Waals surface area (Å²) in [5.41, 5.74) is 2.25. The minimum absolute atomic E-state index is 0.364. The van der Waals surface area contributed by atoms with Crippen molar-refractivity contribution in [1.29, 1.82) is 0 Å². The van der Waals surface area contributed by atoms with E-state index >= 15 is 0 Å². The summed E-state index contributed by atoms with van der Waals surface area (Å²) in [7, 11) is 0. The van der Waals surface area contributed by atoms with Crippen molar-refractivity contribution >= 4 is 23.0 Å². The molecule has 2 aliphatic rings. The van der Waals surface area contributed by atoms with Crippen LogP contribution in [-0.2, 0) is 9.47 Å². The van der Waals surface area contributed by atoms with Crippen LogP contribution in [0.5, 0.6) is 0 Å². The lowest BCUT2D eigenvalue weighted by molar-refractivity contribution is -0.169. The summed E-state index contributed by atoms with van der Waals surface area (Å²) in [5.74, 6) is 1.37.